The molecule has 0 aliphatic carbocycles. The van der Waals surface area contributed by atoms with Crippen molar-refractivity contribution in [3.05, 3.63) is 65.2 Å². The van der Waals surface area contributed by atoms with E-state index in [2.05, 4.69) is 10.1 Å². The number of nitrogens with one attached hydrogen (secondary N) is 1. The van der Waals surface area contributed by atoms with Crippen LogP contribution in [0.2, 0.25) is 0 Å². The molecule has 7 heteroatoms. The van der Waals surface area contributed by atoms with Crippen LogP contribution in [0, 0.1) is 11.3 Å². The molecule has 2 aromatic rings. The summed E-state index contributed by atoms with van der Waals surface area (Å²) in [6, 6.07) is 14.3. The topological polar surface area (TPSA) is 105 Å². The molecule has 0 unspecified atom stereocenters. The number of rotatable bonds is 7. The first kappa shape index (κ1) is 18.7. The molecule has 0 aliphatic heterocycles. The number of amides is 1. The van der Waals surface area contributed by atoms with Gasteiger partial charge in [0.05, 0.1) is 25.3 Å². The number of Topliss-reactive ketones (excluding diaryl/α,β-unsaturated/α-hetero) is 1. The van der Waals surface area contributed by atoms with E-state index >= 15 is 0 Å². The van der Waals surface area contributed by atoms with E-state index in [4.69, 9.17) is 10.00 Å². The number of esters is 1. The van der Waals surface area contributed by atoms with Gasteiger partial charge in [0, 0.05) is 11.1 Å². The monoisotopic (exact) mass is 352 g/mol. The average Bonchev–Trinajstić information content (AvgIpc) is 2.70. The Morgan fingerprint density at radius 2 is 1.62 bits per heavy atom. The van der Waals surface area contributed by atoms with E-state index in [0.717, 1.165) is 0 Å². The summed E-state index contributed by atoms with van der Waals surface area (Å²) in [5.74, 6) is -0.753. The van der Waals surface area contributed by atoms with Crippen molar-refractivity contribution in [2.24, 2.45) is 0 Å². The maximum atomic E-state index is 12.1. The molecular weight excluding hydrogens is 336 g/mol. The summed E-state index contributed by atoms with van der Waals surface area (Å²) in [5.41, 5.74) is 1.21. The largest absolute Gasteiger partial charge is 0.482 e. The van der Waals surface area contributed by atoms with Crippen molar-refractivity contribution < 1.29 is 23.9 Å². The second-order valence-electron chi connectivity index (χ2n) is 5.18. The van der Waals surface area contributed by atoms with Gasteiger partial charge in [-0.2, -0.15) is 5.26 Å². The zero-order chi connectivity index (χ0) is 18.9. The van der Waals surface area contributed by atoms with E-state index < -0.39 is 11.9 Å². The minimum absolute atomic E-state index is 0.165. The smallest absolute Gasteiger partial charge is 0.343 e. The number of nitrogens with zero attached hydrogens (tertiary/aromatic N) is 1. The summed E-state index contributed by atoms with van der Waals surface area (Å²) in [6.07, 6.45) is 0. The van der Waals surface area contributed by atoms with Crippen molar-refractivity contribution in [3.8, 4) is 11.8 Å². The van der Waals surface area contributed by atoms with Crippen LogP contribution in [0.4, 0.5) is 0 Å². The molecule has 0 spiro atoms. The van der Waals surface area contributed by atoms with Crippen LogP contribution in [0.15, 0.2) is 48.5 Å². The van der Waals surface area contributed by atoms with Crippen LogP contribution < -0.4 is 10.1 Å². The highest BCUT2D eigenvalue weighted by Crippen LogP contribution is 2.12. The maximum Gasteiger partial charge on any atom is 0.343 e. The van der Waals surface area contributed by atoms with Crippen molar-refractivity contribution in [1.82, 2.24) is 5.32 Å². The lowest BCUT2D eigenvalue weighted by Gasteiger charge is -2.07. The fraction of sp³-hybridized carbons (Fsp3) is 0.158. The Kier molecular flexibility index (Phi) is 6.46. The summed E-state index contributed by atoms with van der Waals surface area (Å²) in [5, 5.41) is 11.3. The number of hydrogen-bond acceptors (Lipinski definition) is 6. The average molecular weight is 352 g/mol. The van der Waals surface area contributed by atoms with E-state index in [1.54, 1.807) is 24.3 Å². The Balaban J connectivity index is 1.87. The van der Waals surface area contributed by atoms with Crippen molar-refractivity contribution in [2.75, 3.05) is 20.3 Å². The third-order valence-corrected chi connectivity index (χ3v) is 3.45. The van der Waals surface area contributed by atoms with Crippen molar-refractivity contribution in [1.29, 1.82) is 5.26 Å². The molecule has 2 aromatic carbocycles. The highest BCUT2D eigenvalue weighted by atomic mass is 16.6. The van der Waals surface area contributed by atoms with E-state index in [1.165, 1.54) is 31.4 Å². The molecule has 26 heavy (non-hydrogen) atoms. The van der Waals surface area contributed by atoms with Gasteiger partial charge in [-0.1, -0.05) is 0 Å². The number of carbonyl (C=O) groups excluding carboxylic acids is 3. The minimum Gasteiger partial charge on any atom is -0.482 e. The van der Waals surface area contributed by atoms with E-state index in [9.17, 15) is 14.4 Å². The number of hydrogen-bond donors (Lipinski definition) is 1. The second-order valence-corrected chi connectivity index (χ2v) is 5.18. The predicted molar refractivity (Wildman–Crippen MR) is 91.8 cm³/mol. The zero-order valence-corrected chi connectivity index (χ0v) is 14.0. The molecule has 1 amide bonds. The van der Waals surface area contributed by atoms with Crippen LogP contribution in [-0.2, 0) is 9.53 Å². The van der Waals surface area contributed by atoms with E-state index in [1.807, 2.05) is 6.07 Å². The molecule has 7 nitrogen and oxygen atoms in total. The van der Waals surface area contributed by atoms with Crippen molar-refractivity contribution in [2.45, 2.75) is 0 Å². The Bertz CT molecular complexity index is 836. The third kappa shape index (κ3) is 5.18. The standard InChI is InChI=1S/C19H16N2O5/c1-25-18(23)12-26-16-8-6-14(7-9-16)17(22)11-21-19(24)15-4-2-13(10-20)3-5-15/h2-9H,11-12H2,1H3,(H,21,24). The molecular formula is C19H16N2O5. The Morgan fingerprint density at radius 3 is 2.19 bits per heavy atom. The molecule has 0 atom stereocenters. The number of nitriles is 1. The maximum absolute atomic E-state index is 12.1. The molecule has 0 bridgehead atoms. The lowest BCUT2D eigenvalue weighted by molar-refractivity contribution is -0.142. The first-order valence-corrected chi connectivity index (χ1v) is 7.64. The van der Waals surface area contributed by atoms with Gasteiger partial charge in [-0.15, -0.1) is 0 Å². The summed E-state index contributed by atoms with van der Waals surface area (Å²) in [7, 11) is 1.26. The molecule has 1 N–H and O–H groups in total. The van der Waals surface area contributed by atoms with Crippen LogP contribution in [-0.4, -0.2) is 37.9 Å². The first-order valence-electron chi connectivity index (χ1n) is 7.64. The van der Waals surface area contributed by atoms with E-state index in [-0.39, 0.29) is 18.9 Å². The normalized spacial score (nSPS) is 9.69. The van der Waals surface area contributed by atoms with Gasteiger partial charge in [0.2, 0.25) is 0 Å². The zero-order valence-electron chi connectivity index (χ0n) is 14.0. The quantitative estimate of drug-likeness (QED) is 0.601. The molecule has 2 rings (SSSR count). The molecule has 0 radical (unpaired) electrons. The first-order chi connectivity index (χ1) is 12.5. The van der Waals surface area contributed by atoms with Crippen LogP contribution in [0.1, 0.15) is 26.3 Å². The predicted octanol–water partition coefficient (Wildman–Crippen LogP) is 1.72. The number of benzene rings is 2. The molecule has 132 valence electrons. The van der Waals surface area contributed by atoms with Gasteiger partial charge in [0.25, 0.3) is 5.91 Å². The Hall–Kier alpha value is -3.66. The second kappa shape index (κ2) is 8.99. The lowest BCUT2D eigenvalue weighted by atomic mass is 10.1. The molecule has 0 heterocycles. The fourth-order valence-corrected chi connectivity index (χ4v) is 2.00. The van der Waals surface area contributed by atoms with Gasteiger partial charge in [-0.25, -0.2) is 4.79 Å². The number of carbonyl (C=O) groups is 3. The SMILES string of the molecule is COC(=O)COc1ccc(C(=O)CNC(=O)c2ccc(C#N)cc2)cc1. The summed E-state index contributed by atoms with van der Waals surface area (Å²) in [6.45, 7) is -0.383. The third-order valence-electron chi connectivity index (χ3n) is 3.45. The number of methoxy groups -OCH3 is 1. The Labute approximate surface area is 150 Å². The minimum atomic E-state index is -0.504. The molecule has 0 saturated carbocycles. The van der Waals surface area contributed by atoms with Gasteiger partial charge in [0.1, 0.15) is 5.75 Å². The fourth-order valence-electron chi connectivity index (χ4n) is 2.00. The van der Waals surface area contributed by atoms with Crippen LogP contribution in [0.5, 0.6) is 5.75 Å². The van der Waals surface area contributed by atoms with Gasteiger partial charge < -0.3 is 14.8 Å². The van der Waals surface area contributed by atoms with Gasteiger partial charge in [-0.05, 0) is 48.5 Å². The van der Waals surface area contributed by atoms with Gasteiger partial charge in [0.15, 0.2) is 12.4 Å². The van der Waals surface area contributed by atoms with E-state index in [0.29, 0.717) is 22.4 Å². The highest BCUT2D eigenvalue weighted by Gasteiger charge is 2.10. The summed E-state index contributed by atoms with van der Waals surface area (Å²) >= 11 is 0. The molecule has 0 fully saturated rings. The van der Waals surface area contributed by atoms with Crippen LogP contribution in [0.25, 0.3) is 0 Å². The number of ketones is 1. The lowest BCUT2D eigenvalue weighted by Crippen LogP contribution is -2.29. The van der Waals surface area contributed by atoms with Gasteiger partial charge >= 0.3 is 5.97 Å². The molecule has 0 saturated heterocycles. The summed E-state index contributed by atoms with van der Waals surface area (Å²) < 4.78 is 9.65. The van der Waals surface area contributed by atoms with Crippen LogP contribution >= 0.6 is 0 Å². The van der Waals surface area contributed by atoms with Crippen molar-refractivity contribution in [3.63, 3.8) is 0 Å². The Morgan fingerprint density at radius 1 is 1.00 bits per heavy atom. The molecule has 0 aliphatic rings. The highest BCUT2D eigenvalue weighted by molar-refractivity contribution is 6.02. The van der Waals surface area contributed by atoms with Crippen molar-refractivity contribution >= 4 is 17.7 Å². The van der Waals surface area contributed by atoms with Gasteiger partial charge in [-0.3, -0.25) is 9.59 Å². The molecule has 0 aromatic heterocycles. The summed E-state index contributed by atoms with van der Waals surface area (Å²) in [4.78, 5) is 35.1. The number of ether oxygens (including phenoxy) is 2. The van der Waals surface area contributed by atoms with Crippen LogP contribution in [0.3, 0.4) is 0 Å².